The number of hydrogen-bond donors (Lipinski definition) is 3. The molecule has 0 saturated carbocycles. The van der Waals surface area contributed by atoms with Crippen LogP contribution in [0, 0.1) is 0 Å². The smallest absolute Gasteiger partial charge is 0.306 e. The third kappa shape index (κ3) is 44.2. The summed E-state index contributed by atoms with van der Waals surface area (Å²) in [5, 5.41) is 23.8. The summed E-state index contributed by atoms with van der Waals surface area (Å²) in [4.78, 5) is 26.1. The summed E-state index contributed by atoms with van der Waals surface area (Å²) >= 11 is 0. The highest BCUT2D eigenvalue weighted by Gasteiger charge is 2.24. The van der Waals surface area contributed by atoms with E-state index >= 15 is 0 Å². The molecule has 0 aromatic carbocycles. The zero-order valence-electron chi connectivity index (χ0n) is 40.5. The molecule has 0 spiro atoms. The van der Waals surface area contributed by atoms with Crippen molar-refractivity contribution >= 4 is 11.9 Å². The zero-order valence-corrected chi connectivity index (χ0v) is 40.5. The Hall–Kier alpha value is -2.18. The molecule has 61 heavy (non-hydrogen) atoms. The molecule has 3 atom stereocenters. The van der Waals surface area contributed by atoms with Gasteiger partial charge in [-0.15, -0.1) is 0 Å². The third-order valence-electron chi connectivity index (χ3n) is 11.9. The van der Waals surface area contributed by atoms with E-state index in [1.165, 1.54) is 135 Å². The fourth-order valence-corrected chi connectivity index (χ4v) is 7.84. The highest BCUT2D eigenvalue weighted by molar-refractivity contribution is 5.77. The predicted molar refractivity (Wildman–Crippen MR) is 264 cm³/mol. The van der Waals surface area contributed by atoms with Gasteiger partial charge < -0.3 is 20.3 Å². The molecule has 3 unspecified atom stereocenters. The minimum Gasteiger partial charge on any atom is -0.462 e. The fourth-order valence-electron chi connectivity index (χ4n) is 7.84. The average molecular weight is 856 g/mol. The lowest BCUT2D eigenvalue weighted by atomic mass is 10.0. The minimum absolute atomic E-state index is 0.0465. The van der Waals surface area contributed by atoms with Gasteiger partial charge in [-0.25, -0.2) is 0 Å². The molecule has 0 saturated heterocycles. The van der Waals surface area contributed by atoms with E-state index in [1.54, 1.807) is 0 Å². The number of ether oxygens (including phenoxy) is 1. The normalized spacial score (nSPS) is 13.6. The molecule has 356 valence electrons. The van der Waals surface area contributed by atoms with E-state index < -0.39 is 18.2 Å². The number of carbonyl (C=O) groups is 2. The molecule has 0 rings (SSSR count). The van der Waals surface area contributed by atoms with Gasteiger partial charge in [0.05, 0.1) is 25.2 Å². The maximum absolute atomic E-state index is 13.2. The first-order chi connectivity index (χ1) is 30.0. The van der Waals surface area contributed by atoms with Crippen molar-refractivity contribution in [3.05, 3.63) is 48.6 Å². The van der Waals surface area contributed by atoms with Gasteiger partial charge in [0.1, 0.15) is 6.10 Å². The molecule has 0 aliphatic rings. The number of hydrogen-bond acceptors (Lipinski definition) is 5. The number of unbranched alkanes of at least 4 members (excludes halogenated alkanes) is 27. The zero-order chi connectivity index (χ0) is 44.5. The van der Waals surface area contributed by atoms with Crippen LogP contribution in [0.25, 0.3) is 0 Å². The monoisotopic (exact) mass is 856 g/mol. The van der Waals surface area contributed by atoms with Crippen molar-refractivity contribution in [1.82, 2.24) is 5.32 Å². The first-order valence-electron chi connectivity index (χ1n) is 26.4. The number of nitrogens with one attached hydrogen (secondary N) is 1. The van der Waals surface area contributed by atoms with Gasteiger partial charge >= 0.3 is 5.97 Å². The van der Waals surface area contributed by atoms with Crippen LogP contribution < -0.4 is 5.32 Å². The highest BCUT2D eigenvalue weighted by Crippen LogP contribution is 2.17. The van der Waals surface area contributed by atoms with E-state index in [1.807, 2.05) is 0 Å². The van der Waals surface area contributed by atoms with Gasteiger partial charge in [0, 0.05) is 6.42 Å². The van der Waals surface area contributed by atoms with Crippen LogP contribution in [-0.4, -0.2) is 46.9 Å². The molecule has 0 aromatic heterocycles. The van der Waals surface area contributed by atoms with Crippen LogP contribution in [0.2, 0.25) is 0 Å². The first-order valence-corrected chi connectivity index (χ1v) is 26.4. The molecule has 6 heteroatoms. The summed E-state index contributed by atoms with van der Waals surface area (Å²) in [6.07, 6.45) is 58.8. The van der Waals surface area contributed by atoms with Crippen LogP contribution in [-0.2, 0) is 14.3 Å². The van der Waals surface area contributed by atoms with Crippen LogP contribution in [0.1, 0.15) is 265 Å². The van der Waals surface area contributed by atoms with Gasteiger partial charge in [0.25, 0.3) is 0 Å². The Labute approximate surface area is 378 Å². The Morgan fingerprint density at radius 3 is 1.33 bits per heavy atom. The SMILES string of the molecule is CCCCC/C=C\C/C=C\C/C=C\CCCCC(CC(=O)NC(CO)C(O)CCCCCCCCCCCCCCCC)OC(=O)CCCCC/C=C\CCCCCCCC. The van der Waals surface area contributed by atoms with Gasteiger partial charge in [0.15, 0.2) is 0 Å². The van der Waals surface area contributed by atoms with Crippen LogP contribution >= 0.6 is 0 Å². The van der Waals surface area contributed by atoms with E-state index in [-0.39, 0.29) is 24.9 Å². The number of carbonyl (C=O) groups excluding carboxylic acids is 2. The molecule has 0 aliphatic heterocycles. The Bertz CT molecular complexity index is 1050. The number of allylic oxidation sites excluding steroid dienone is 8. The molecule has 3 N–H and O–H groups in total. The lowest BCUT2D eigenvalue weighted by Gasteiger charge is -2.24. The summed E-state index contributed by atoms with van der Waals surface area (Å²) in [5.74, 6) is -0.525. The standard InChI is InChI=1S/C55H101NO5/c1-4-7-10-13-16-19-22-25-27-29-31-34-37-40-43-46-51(61-55(60)48-45-42-39-36-33-28-24-21-18-15-12-9-6-3)49-54(59)56-52(50-57)53(58)47-44-41-38-35-32-30-26-23-20-17-14-11-8-5-2/h16,19,25,27-28,31,33-34,51-53,57-58H,4-15,17-18,20-24,26,29-30,32,35-50H2,1-3H3,(H,56,59)/b19-16-,27-25-,33-28-,34-31-. The largest absolute Gasteiger partial charge is 0.462 e. The molecule has 0 heterocycles. The molecular formula is C55H101NO5. The Balaban J connectivity index is 4.65. The van der Waals surface area contributed by atoms with Gasteiger partial charge in [0.2, 0.25) is 5.91 Å². The molecule has 0 fully saturated rings. The van der Waals surface area contributed by atoms with Gasteiger partial charge in [-0.05, 0) is 89.9 Å². The van der Waals surface area contributed by atoms with Crippen LogP contribution in [0.3, 0.4) is 0 Å². The van der Waals surface area contributed by atoms with Crippen molar-refractivity contribution < 1.29 is 24.5 Å². The topological polar surface area (TPSA) is 95.9 Å². The van der Waals surface area contributed by atoms with Crippen molar-refractivity contribution in [2.75, 3.05) is 6.61 Å². The second-order valence-electron chi connectivity index (χ2n) is 17.9. The Morgan fingerprint density at radius 2 is 0.836 bits per heavy atom. The van der Waals surface area contributed by atoms with Crippen molar-refractivity contribution in [1.29, 1.82) is 0 Å². The maximum Gasteiger partial charge on any atom is 0.306 e. The summed E-state index contributed by atoms with van der Waals surface area (Å²) in [6.45, 7) is 6.44. The number of rotatable bonds is 47. The Kier molecular flexibility index (Phi) is 47.1. The minimum atomic E-state index is -0.800. The molecular weight excluding hydrogens is 755 g/mol. The van der Waals surface area contributed by atoms with Gasteiger partial charge in [-0.3, -0.25) is 9.59 Å². The lowest BCUT2D eigenvalue weighted by Crippen LogP contribution is -2.46. The fraction of sp³-hybridized carbons (Fsp3) is 0.818. The number of esters is 1. The van der Waals surface area contributed by atoms with E-state index in [2.05, 4.69) is 74.7 Å². The Morgan fingerprint density at radius 1 is 0.475 bits per heavy atom. The second kappa shape index (κ2) is 48.8. The van der Waals surface area contributed by atoms with Crippen molar-refractivity contribution in [2.45, 2.75) is 283 Å². The van der Waals surface area contributed by atoms with Crippen molar-refractivity contribution in [2.24, 2.45) is 0 Å². The molecule has 0 bridgehead atoms. The lowest BCUT2D eigenvalue weighted by molar-refractivity contribution is -0.151. The van der Waals surface area contributed by atoms with Crippen LogP contribution in [0.4, 0.5) is 0 Å². The number of aliphatic hydroxyl groups is 2. The molecule has 0 aromatic rings. The molecule has 6 nitrogen and oxygen atoms in total. The van der Waals surface area contributed by atoms with E-state index in [4.69, 9.17) is 4.74 Å². The molecule has 1 amide bonds. The maximum atomic E-state index is 13.2. The van der Waals surface area contributed by atoms with Gasteiger partial charge in [-0.2, -0.15) is 0 Å². The first kappa shape index (κ1) is 58.8. The van der Waals surface area contributed by atoms with E-state index in [0.717, 1.165) is 83.5 Å². The van der Waals surface area contributed by atoms with Crippen molar-refractivity contribution in [3.63, 3.8) is 0 Å². The van der Waals surface area contributed by atoms with Crippen molar-refractivity contribution in [3.8, 4) is 0 Å². The summed E-state index contributed by atoms with van der Waals surface area (Å²) < 4.78 is 5.91. The summed E-state index contributed by atoms with van der Waals surface area (Å²) in [6, 6.07) is -0.716. The highest BCUT2D eigenvalue weighted by atomic mass is 16.5. The van der Waals surface area contributed by atoms with E-state index in [0.29, 0.717) is 19.3 Å². The number of amides is 1. The third-order valence-corrected chi connectivity index (χ3v) is 11.9. The van der Waals surface area contributed by atoms with Crippen LogP contribution in [0.15, 0.2) is 48.6 Å². The second-order valence-corrected chi connectivity index (χ2v) is 17.9. The molecule has 0 radical (unpaired) electrons. The van der Waals surface area contributed by atoms with Crippen LogP contribution in [0.5, 0.6) is 0 Å². The predicted octanol–water partition coefficient (Wildman–Crippen LogP) is 15.8. The number of aliphatic hydroxyl groups excluding tert-OH is 2. The van der Waals surface area contributed by atoms with E-state index in [9.17, 15) is 19.8 Å². The molecule has 0 aliphatic carbocycles. The average Bonchev–Trinajstić information content (AvgIpc) is 3.25. The summed E-state index contributed by atoms with van der Waals surface area (Å²) in [5.41, 5.74) is 0. The quantitative estimate of drug-likeness (QED) is 0.0322. The summed E-state index contributed by atoms with van der Waals surface area (Å²) in [7, 11) is 0. The van der Waals surface area contributed by atoms with Gasteiger partial charge in [-0.1, -0.05) is 211 Å².